The molecule has 0 spiro atoms. The van der Waals surface area contributed by atoms with E-state index >= 15 is 0 Å². The second-order valence-corrected chi connectivity index (χ2v) is 7.07. The van der Waals surface area contributed by atoms with E-state index in [2.05, 4.69) is 30.0 Å². The Labute approximate surface area is 179 Å². The van der Waals surface area contributed by atoms with Crippen molar-refractivity contribution < 1.29 is 14.6 Å². The third kappa shape index (κ3) is 3.63. The molecule has 4 aromatic rings. The van der Waals surface area contributed by atoms with Crippen LogP contribution >= 0.6 is 0 Å². The molecule has 12 nitrogen and oxygen atoms in total. The van der Waals surface area contributed by atoms with Crippen LogP contribution in [0.4, 0.5) is 0 Å². The van der Waals surface area contributed by atoms with Crippen LogP contribution in [-0.4, -0.2) is 47.8 Å². The summed E-state index contributed by atoms with van der Waals surface area (Å²) in [5.74, 6) is 0.374. The summed E-state index contributed by atoms with van der Waals surface area (Å²) >= 11 is 0. The lowest BCUT2D eigenvalue weighted by Crippen LogP contribution is -2.23. The van der Waals surface area contributed by atoms with Crippen molar-refractivity contribution >= 4 is 11.7 Å². The molecule has 0 saturated heterocycles. The zero-order valence-electron chi connectivity index (χ0n) is 16.7. The van der Waals surface area contributed by atoms with Crippen LogP contribution in [-0.2, 0) is 0 Å². The first-order valence-electron chi connectivity index (χ1n) is 9.62. The topological polar surface area (TPSA) is 167 Å². The first-order chi connectivity index (χ1) is 15.5. The third-order valence-corrected chi connectivity index (χ3v) is 4.73. The van der Waals surface area contributed by atoms with Crippen LogP contribution in [0.1, 0.15) is 24.1 Å². The zero-order chi connectivity index (χ0) is 22.2. The number of ether oxygens (including phenoxy) is 2. The molecule has 160 valence electrons. The molecule has 0 radical (unpaired) electrons. The summed E-state index contributed by atoms with van der Waals surface area (Å²) in [6, 6.07) is 6.94. The molecule has 3 N–H and O–H groups in total. The molecule has 3 aromatic heterocycles. The molecule has 5 rings (SSSR count). The van der Waals surface area contributed by atoms with Gasteiger partial charge in [0.15, 0.2) is 17.1 Å². The Bertz CT molecular complexity index is 1560. The Morgan fingerprint density at radius 2 is 2.16 bits per heavy atom. The summed E-state index contributed by atoms with van der Waals surface area (Å²) in [5.41, 5.74) is 0.736. The van der Waals surface area contributed by atoms with Gasteiger partial charge in [0, 0.05) is 11.3 Å². The minimum absolute atomic E-state index is 0.00171. The maximum absolute atomic E-state index is 11.4. The number of hydrogen-bond donors (Lipinski definition) is 3. The van der Waals surface area contributed by atoms with E-state index in [1.165, 1.54) is 23.9 Å². The van der Waals surface area contributed by atoms with Gasteiger partial charge in [-0.3, -0.25) is 4.98 Å². The molecule has 32 heavy (non-hydrogen) atoms. The van der Waals surface area contributed by atoms with Gasteiger partial charge in [-0.1, -0.05) is 0 Å². The lowest BCUT2D eigenvalue weighted by atomic mass is 10.2. The summed E-state index contributed by atoms with van der Waals surface area (Å²) < 4.78 is 12.6. The quantitative estimate of drug-likeness (QED) is 0.400. The smallest absolute Gasteiger partial charge is 0.327 e. The van der Waals surface area contributed by atoms with Crippen molar-refractivity contribution in [3.05, 3.63) is 57.0 Å². The predicted molar refractivity (Wildman–Crippen MR) is 109 cm³/mol. The fraction of sp³-hybridized carbons (Fsp3) is 0.200. The molecule has 1 aliphatic rings. The normalized spacial score (nSPS) is 14.6. The van der Waals surface area contributed by atoms with E-state index in [4.69, 9.17) is 14.7 Å². The first-order valence-corrected chi connectivity index (χ1v) is 9.62. The van der Waals surface area contributed by atoms with Crippen molar-refractivity contribution in [3.63, 3.8) is 0 Å². The average molecular weight is 432 g/mol. The van der Waals surface area contributed by atoms with Crippen LogP contribution in [0.5, 0.6) is 23.4 Å². The van der Waals surface area contributed by atoms with Crippen molar-refractivity contribution in [1.82, 2.24) is 29.5 Å². The lowest BCUT2D eigenvalue weighted by Gasteiger charge is -2.09. The number of nitriles is 1. The van der Waals surface area contributed by atoms with Gasteiger partial charge in [-0.05, 0) is 31.1 Å². The molecular weight excluding hydrogens is 416 g/mol. The van der Waals surface area contributed by atoms with Gasteiger partial charge in [-0.2, -0.15) is 24.8 Å². The van der Waals surface area contributed by atoms with Gasteiger partial charge in [0.05, 0.1) is 31.0 Å². The van der Waals surface area contributed by atoms with Gasteiger partial charge in [0.25, 0.3) is 5.62 Å². The molecule has 1 aliphatic carbocycles. The molecule has 1 fully saturated rings. The van der Waals surface area contributed by atoms with Gasteiger partial charge in [-0.15, -0.1) is 0 Å². The van der Waals surface area contributed by atoms with Crippen molar-refractivity contribution in [2.45, 2.75) is 18.9 Å². The third-order valence-electron chi connectivity index (χ3n) is 4.73. The summed E-state index contributed by atoms with van der Waals surface area (Å²) in [4.78, 5) is 29.6. The molecule has 0 amide bonds. The molecule has 0 aliphatic heterocycles. The number of aromatic nitrogens is 6. The highest BCUT2D eigenvalue weighted by molar-refractivity contribution is 5.56. The van der Waals surface area contributed by atoms with E-state index < -0.39 is 5.69 Å². The van der Waals surface area contributed by atoms with E-state index in [0.29, 0.717) is 33.5 Å². The minimum atomic E-state index is -0.541. The fourth-order valence-electron chi connectivity index (χ4n) is 3.03. The number of benzene rings is 1. The second kappa shape index (κ2) is 7.55. The minimum Gasteiger partial charge on any atom is -0.493 e. The molecule has 12 heteroatoms. The number of fused-ring (bicyclic) bond motifs is 1. The lowest BCUT2D eigenvalue weighted by molar-refractivity contribution is 0.366. The first kappa shape index (κ1) is 19.3. The molecule has 1 saturated carbocycles. The number of nitrogens with zero attached hydrogens (tertiary/aromatic N) is 6. The van der Waals surface area contributed by atoms with E-state index in [9.17, 15) is 9.90 Å². The maximum Gasteiger partial charge on any atom is 0.327 e. The van der Waals surface area contributed by atoms with E-state index in [1.54, 1.807) is 18.2 Å². The van der Waals surface area contributed by atoms with Crippen molar-refractivity contribution in [3.8, 4) is 29.5 Å². The second-order valence-electron chi connectivity index (χ2n) is 7.07. The number of rotatable bonds is 5. The van der Waals surface area contributed by atoms with Crippen LogP contribution in [0.15, 0.2) is 34.2 Å². The van der Waals surface area contributed by atoms with Gasteiger partial charge in [-0.25, -0.2) is 9.79 Å². The SMILES string of the molecule is COc1cc(C#N)ccc1Oc1nc(=NC2CC2)n2nc/c(=C/c3[nH]c(=O)[nH]c3O)c2n1. The standard InChI is InChI=1S/C20H16N8O4/c1-31-15-6-10(8-21)2-5-14(15)32-20-25-16-11(7-13-17(29)26-19(30)24-13)9-22-28(16)18(27-20)23-12-3-4-12/h2,5-7,9,12,29H,3-4H2,1H3,(H2,24,26,30)/b11-7-,23-18?. The molecule has 0 bridgehead atoms. The number of nitrogens with one attached hydrogen (secondary N) is 2. The van der Waals surface area contributed by atoms with Crippen LogP contribution < -0.4 is 26.0 Å². The molecular formula is C20H16N8O4. The van der Waals surface area contributed by atoms with Gasteiger partial charge in [0.1, 0.15) is 5.69 Å². The zero-order valence-corrected chi connectivity index (χ0v) is 16.7. The monoisotopic (exact) mass is 432 g/mol. The summed E-state index contributed by atoms with van der Waals surface area (Å²) in [6.45, 7) is 0. The summed E-state index contributed by atoms with van der Waals surface area (Å²) in [5, 5.41) is 23.8. The van der Waals surface area contributed by atoms with Gasteiger partial charge < -0.3 is 19.6 Å². The Morgan fingerprint density at radius 1 is 1.31 bits per heavy atom. The van der Waals surface area contributed by atoms with Crippen LogP contribution in [0.3, 0.4) is 0 Å². The number of aromatic amines is 2. The highest BCUT2D eigenvalue weighted by Gasteiger charge is 2.21. The number of imidazole rings is 1. The van der Waals surface area contributed by atoms with Gasteiger partial charge in [0.2, 0.25) is 5.88 Å². The van der Waals surface area contributed by atoms with Crippen molar-refractivity contribution in [2.75, 3.05) is 7.11 Å². The van der Waals surface area contributed by atoms with Crippen LogP contribution in [0.25, 0.3) is 11.7 Å². The molecule has 1 aromatic carbocycles. The fourth-order valence-corrected chi connectivity index (χ4v) is 3.03. The van der Waals surface area contributed by atoms with Crippen molar-refractivity contribution in [2.24, 2.45) is 4.99 Å². The number of aromatic hydroxyl groups is 1. The van der Waals surface area contributed by atoms with Gasteiger partial charge >= 0.3 is 11.7 Å². The highest BCUT2D eigenvalue weighted by atomic mass is 16.5. The summed E-state index contributed by atoms with van der Waals surface area (Å²) in [6.07, 6.45) is 4.97. The predicted octanol–water partition coefficient (Wildman–Crippen LogP) is 0.130. The Hall–Kier alpha value is -4.66. The van der Waals surface area contributed by atoms with E-state index in [-0.39, 0.29) is 23.6 Å². The average Bonchev–Trinajstić information content (AvgIpc) is 3.42. The number of hydrogen-bond acceptors (Lipinski definition) is 9. The van der Waals surface area contributed by atoms with E-state index in [0.717, 1.165) is 12.8 Å². The summed E-state index contributed by atoms with van der Waals surface area (Å²) in [7, 11) is 1.47. The van der Waals surface area contributed by atoms with E-state index in [1.807, 2.05) is 6.07 Å². The highest BCUT2D eigenvalue weighted by Crippen LogP contribution is 2.30. The largest absolute Gasteiger partial charge is 0.493 e. The molecule has 0 unspecified atom stereocenters. The maximum atomic E-state index is 11.4. The number of methoxy groups -OCH3 is 1. The Morgan fingerprint density at radius 3 is 2.84 bits per heavy atom. The van der Waals surface area contributed by atoms with Crippen LogP contribution in [0.2, 0.25) is 0 Å². The number of H-pyrrole nitrogens is 2. The Balaban J connectivity index is 1.66. The molecule has 0 atom stereocenters. The molecule has 3 heterocycles. The van der Waals surface area contributed by atoms with Crippen LogP contribution in [0, 0.1) is 11.3 Å². The van der Waals surface area contributed by atoms with Crippen molar-refractivity contribution in [1.29, 1.82) is 5.26 Å². The Kier molecular flexibility index (Phi) is 4.55.